The molecule has 4 rings (SSSR count). The number of hydrogen-bond acceptors (Lipinski definition) is 4. The number of rotatable bonds is 3. The van der Waals surface area contributed by atoms with Crippen LogP contribution < -0.4 is 10.5 Å². The monoisotopic (exact) mass is 323 g/mol. The van der Waals surface area contributed by atoms with Crippen LogP contribution in [0.1, 0.15) is 0 Å². The number of aromatic nitrogens is 4. The second-order valence-electron chi connectivity index (χ2n) is 5.41. The highest BCUT2D eigenvalue weighted by atomic mass is 19.1. The van der Waals surface area contributed by atoms with Crippen molar-refractivity contribution in [3.8, 4) is 22.9 Å². The molecule has 3 heterocycles. The number of ether oxygens (including phenoxy) is 1. The Morgan fingerprint density at radius 2 is 2.00 bits per heavy atom. The maximum Gasteiger partial charge on any atom is 0.167 e. The van der Waals surface area contributed by atoms with Gasteiger partial charge in [0.25, 0.3) is 0 Å². The quantitative estimate of drug-likeness (QED) is 0.588. The molecule has 24 heavy (non-hydrogen) atoms. The molecule has 0 unspecified atom stereocenters. The molecule has 7 heteroatoms. The van der Waals surface area contributed by atoms with E-state index < -0.39 is 5.82 Å². The van der Waals surface area contributed by atoms with Gasteiger partial charge in [0.1, 0.15) is 11.3 Å². The summed E-state index contributed by atoms with van der Waals surface area (Å²) in [5.74, 6) is 0.825. The normalized spacial score (nSPS) is 11.1. The van der Waals surface area contributed by atoms with Crippen molar-refractivity contribution < 1.29 is 9.13 Å². The molecule has 0 saturated heterocycles. The van der Waals surface area contributed by atoms with E-state index in [1.807, 2.05) is 30.1 Å². The second kappa shape index (κ2) is 5.38. The number of hydrogen-bond donors (Lipinski definition) is 1. The molecule has 3 aromatic heterocycles. The maximum absolute atomic E-state index is 14.1. The summed E-state index contributed by atoms with van der Waals surface area (Å²) in [4.78, 5) is 4.33. The summed E-state index contributed by atoms with van der Waals surface area (Å²) in [6.45, 7) is 0. The van der Waals surface area contributed by atoms with Gasteiger partial charge in [-0.3, -0.25) is 0 Å². The van der Waals surface area contributed by atoms with E-state index in [2.05, 4.69) is 10.1 Å². The molecule has 120 valence electrons. The van der Waals surface area contributed by atoms with E-state index in [9.17, 15) is 4.39 Å². The summed E-state index contributed by atoms with van der Waals surface area (Å²) in [6, 6.07) is 7.94. The van der Waals surface area contributed by atoms with Crippen LogP contribution in [0.3, 0.4) is 0 Å². The van der Waals surface area contributed by atoms with Crippen molar-refractivity contribution in [3.63, 3.8) is 0 Å². The van der Waals surface area contributed by atoms with E-state index >= 15 is 0 Å². The van der Waals surface area contributed by atoms with Gasteiger partial charge < -0.3 is 15.0 Å². The van der Waals surface area contributed by atoms with Crippen LogP contribution in [0.4, 0.5) is 10.1 Å². The van der Waals surface area contributed by atoms with Crippen LogP contribution in [0.15, 0.2) is 55.1 Å². The highest BCUT2D eigenvalue weighted by Crippen LogP contribution is 2.32. The fraction of sp³-hybridized carbons (Fsp3) is 0.0588. The fourth-order valence-corrected chi connectivity index (χ4v) is 2.56. The maximum atomic E-state index is 14.1. The first-order valence-corrected chi connectivity index (χ1v) is 7.30. The van der Waals surface area contributed by atoms with E-state index in [-0.39, 0.29) is 5.75 Å². The molecule has 0 aliphatic heterocycles. The number of aryl methyl sites for hydroxylation is 1. The fourth-order valence-electron chi connectivity index (χ4n) is 2.56. The summed E-state index contributed by atoms with van der Waals surface area (Å²) in [7, 11) is 1.90. The van der Waals surface area contributed by atoms with Gasteiger partial charge in [-0.25, -0.2) is 13.9 Å². The van der Waals surface area contributed by atoms with Crippen LogP contribution in [0.25, 0.3) is 16.9 Å². The molecule has 0 radical (unpaired) electrons. The van der Waals surface area contributed by atoms with E-state index in [1.54, 1.807) is 29.0 Å². The molecular weight excluding hydrogens is 309 g/mol. The number of anilines is 1. The van der Waals surface area contributed by atoms with Crippen molar-refractivity contribution in [1.82, 2.24) is 19.2 Å². The first kappa shape index (κ1) is 14.3. The van der Waals surface area contributed by atoms with Gasteiger partial charge in [-0.2, -0.15) is 5.10 Å². The molecular formula is C17H14FN5O. The van der Waals surface area contributed by atoms with Crippen LogP contribution in [0, 0.1) is 5.82 Å². The van der Waals surface area contributed by atoms with Gasteiger partial charge in [0.15, 0.2) is 17.3 Å². The molecule has 0 atom stereocenters. The van der Waals surface area contributed by atoms with Gasteiger partial charge >= 0.3 is 0 Å². The smallest absolute Gasteiger partial charge is 0.167 e. The Bertz CT molecular complexity index is 1040. The summed E-state index contributed by atoms with van der Waals surface area (Å²) < 4.78 is 23.4. The third-order valence-electron chi connectivity index (χ3n) is 3.73. The van der Waals surface area contributed by atoms with Crippen LogP contribution in [0.2, 0.25) is 0 Å². The Kier molecular flexibility index (Phi) is 3.19. The third-order valence-corrected chi connectivity index (χ3v) is 3.73. The van der Waals surface area contributed by atoms with Gasteiger partial charge in [-0.15, -0.1) is 0 Å². The Morgan fingerprint density at radius 3 is 2.75 bits per heavy atom. The topological polar surface area (TPSA) is 70.4 Å². The molecule has 0 fully saturated rings. The van der Waals surface area contributed by atoms with E-state index in [0.717, 1.165) is 16.9 Å². The summed E-state index contributed by atoms with van der Waals surface area (Å²) >= 11 is 0. The number of imidazole rings is 1. The van der Waals surface area contributed by atoms with Gasteiger partial charge in [0.2, 0.25) is 0 Å². The minimum Gasteiger partial charge on any atom is -0.452 e. The SMILES string of the molecule is Cn1ccnc1-c1cc(Oc2ccc(N)cc2F)c2ccnn2c1. The van der Waals surface area contributed by atoms with Crippen LogP contribution in [0.5, 0.6) is 11.5 Å². The van der Waals surface area contributed by atoms with Crippen LogP contribution >= 0.6 is 0 Å². The molecule has 0 spiro atoms. The van der Waals surface area contributed by atoms with E-state index in [1.165, 1.54) is 12.1 Å². The highest BCUT2D eigenvalue weighted by molar-refractivity contribution is 5.68. The minimum absolute atomic E-state index is 0.101. The van der Waals surface area contributed by atoms with Crippen molar-refractivity contribution in [3.05, 3.63) is 60.9 Å². The highest BCUT2D eigenvalue weighted by Gasteiger charge is 2.13. The van der Waals surface area contributed by atoms with Gasteiger partial charge in [0.05, 0.1) is 6.20 Å². The standard InChI is InChI=1S/C17H14FN5O/c1-22-7-6-20-17(22)11-8-16(14-4-5-21-23(14)10-11)24-15-3-2-12(19)9-13(15)18/h2-10H,19H2,1H3. The summed E-state index contributed by atoms with van der Waals surface area (Å²) in [5, 5.41) is 4.24. The van der Waals surface area contributed by atoms with Gasteiger partial charge in [-0.1, -0.05) is 0 Å². The molecule has 0 bridgehead atoms. The number of halogens is 1. The summed E-state index contributed by atoms with van der Waals surface area (Å²) in [5.41, 5.74) is 7.46. The lowest BCUT2D eigenvalue weighted by Gasteiger charge is -2.11. The Hall–Kier alpha value is -3.35. The van der Waals surface area contributed by atoms with Gasteiger partial charge in [0, 0.05) is 43.0 Å². The summed E-state index contributed by atoms with van der Waals surface area (Å²) in [6.07, 6.45) is 7.07. The van der Waals surface area contributed by atoms with E-state index in [4.69, 9.17) is 10.5 Å². The second-order valence-corrected chi connectivity index (χ2v) is 5.41. The number of nitrogens with zero attached hydrogens (tertiary/aromatic N) is 4. The van der Waals surface area contributed by atoms with Crippen LogP contribution in [-0.2, 0) is 7.05 Å². The zero-order chi connectivity index (χ0) is 16.7. The molecule has 0 saturated carbocycles. The zero-order valence-corrected chi connectivity index (χ0v) is 12.8. The first-order valence-electron chi connectivity index (χ1n) is 7.30. The van der Waals surface area contributed by atoms with Gasteiger partial charge in [-0.05, 0) is 24.3 Å². The molecule has 0 aliphatic carbocycles. The lowest BCUT2D eigenvalue weighted by atomic mass is 10.2. The van der Waals surface area contributed by atoms with Crippen molar-refractivity contribution in [1.29, 1.82) is 0 Å². The molecule has 6 nitrogen and oxygen atoms in total. The Labute approximate surface area is 136 Å². The number of pyridine rings is 1. The predicted octanol–water partition coefficient (Wildman–Crippen LogP) is 3.25. The molecule has 4 aromatic rings. The number of benzene rings is 1. The predicted molar refractivity (Wildman–Crippen MR) is 88.3 cm³/mol. The lowest BCUT2D eigenvalue weighted by Crippen LogP contribution is -1.98. The molecule has 2 N–H and O–H groups in total. The van der Waals surface area contributed by atoms with Crippen molar-refractivity contribution in [2.75, 3.05) is 5.73 Å². The molecule has 0 amide bonds. The Morgan fingerprint density at radius 1 is 1.12 bits per heavy atom. The minimum atomic E-state index is -0.518. The average molecular weight is 323 g/mol. The molecule has 1 aromatic carbocycles. The largest absolute Gasteiger partial charge is 0.452 e. The first-order chi connectivity index (χ1) is 11.6. The number of nitrogens with two attached hydrogens (primary N) is 1. The number of fused-ring (bicyclic) bond motifs is 1. The number of nitrogen functional groups attached to an aromatic ring is 1. The van der Waals surface area contributed by atoms with E-state index in [0.29, 0.717) is 11.4 Å². The van der Waals surface area contributed by atoms with Crippen molar-refractivity contribution in [2.24, 2.45) is 7.05 Å². The van der Waals surface area contributed by atoms with Crippen LogP contribution in [-0.4, -0.2) is 19.2 Å². The van der Waals surface area contributed by atoms with Crippen molar-refractivity contribution >= 4 is 11.2 Å². The third kappa shape index (κ3) is 2.36. The Balaban J connectivity index is 1.85. The molecule has 0 aliphatic rings. The van der Waals surface area contributed by atoms with Crippen molar-refractivity contribution in [2.45, 2.75) is 0 Å². The lowest BCUT2D eigenvalue weighted by molar-refractivity contribution is 0.445. The zero-order valence-electron chi connectivity index (χ0n) is 12.8. The average Bonchev–Trinajstić information content (AvgIpc) is 3.18.